The van der Waals surface area contributed by atoms with Gasteiger partial charge in [0, 0.05) is 18.7 Å². The molecule has 0 heterocycles. The van der Waals surface area contributed by atoms with Gasteiger partial charge in [0.25, 0.3) is 0 Å². The van der Waals surface area contributed by atoms with Crippen molar-refractivity contribution >= 4 is 11.7 Å². The molecule has 1 aromatic rings. The highest BCUT2D eigenvalue weighted by Crippen LogP contribution is 2.17. The van der Waals surface area contributed by atoms with Crippen molar-refractivity contribution in [1.29, 1.82) is 0 Å². The first-order valence-corrected chi connectivity index (χ1v) is 10.8. The molecule has 0 saturated heterocycles. The number of esters is 1. The van der Waals surface area contributed by atoms with E-state index in [9.17, 15) is 4.79 Å². The Morgan fingerprint density at radius 3 is 2.28 bits per heavy atom. The Hall–Kier alpha value is -2.29. The molecule has 0 aliphatic carbocycles. The fourth-order valence-electron chi connectivity index (χ4n) is 3.05. The van der Waals surface area contributed by atoms with Gasteiger partial charge in [0.05, 0.1) is 6.61 Å². The maximum absolute atomic E-state index is 11.6. The summed E-state index contributed by atoms with van der Waals surface area (Å²) >= 11 is 0. The van der Waals surface area contributed by atoms with Crippen LogP contribution in [0.2, 0.25) is 0 Å². The lowest BCUT2D eigenvalue weighted by atomic mass is 10.1. The first-order chi connectivity index (χ1) is 13.9. The molecule has 0 atom stereocenters. The number of rotatable bonds is 13. The molecule has 1 aromatic carbocycles. The number of nitrogens with one attached hydrogen (secondary N) is 1. The third-order valence-electron chi connectivity index (χ3n) is 4.79. The molecule has 3 nitrogen and oxygen atoms in total. The molecule has 0 aliphatic heterocycles. The molecule has 0 bridgehead atoms. The molecule has 1 N–H and O–H groups in total. The Labute approximate surface area is 177 Å². The largest absolute Gasteiger partial charge is 0.466 e. The van der Waals surface area contributed by atoms with Crippen LogP contribution in [0, 0.1) is 0 Å². The summed E-state index contributed by atoms with van der Waals surface area (Å²) in [7, 11) is 0. The highest BCUT2D eigenvalue weighted by Gasteiger charge is 2.06. The van der Waals surface area contributed by atoms with Gasteiger partial charge >= 0.3 is 5.97 Å². The van der Waals surface area contributed by atoms with Gasteiger partial charge in [-0.3, -0.25) is 4.79 Å². The second-order valence-corrected chi connectivity index (χ2v) is 7.80. The summed E-state index contributed by atoms with van der Waals surface area (Å²) in [4.78, 5) is 11.6. The van der Waals surface area contributed by atoms with Crippen LogP contribution < -0.4 is 5.32 Å². The first-order valence-electron chi connectivity index (χ1n) is 10.8. The molecule has 0 unspecified atom stereocenters. The molecule has 0 aromatic heterocycles. The fourth-order valence-corrected chi connectivity index (χ4v) is 3.05. The average molecular weight is 398 g/mol. The van der Waals surface area contributed by atoms with Gasteiger partial charge in [0.1, 0.15) is 0 Å². The molecular weight excluding hydrogens is 358 g/mol. The zero-order chi connectivity index (χ0) is 21.5. The van der Waals surface area contributed by atoms with E-state index >= 15 is 0 Å². The van der Waals surface area contributed by atoms with Crippen molar-refractivity contribution in [3.05, 3.63) is 64.8 Å². The minimum absolute atomic E-state index is 0.137. The SMILES string of the molecule is CCOC(=O)CCc1ccccc1NCC=C(C)CCC=C(C)CCC=C(C)C. The zero-order valence-corrected chi connectivity index (χ0v) is 19.0. The maximum atomic E-state index is 11.6. The first kappa shape index (κ1) is 24.7. The van der Waals surface area contributed by atoms with Crippen molar-refractivity contribution in [3.8, 4) is 0 Å². The van der Waals surface area contributed by atoms with Crippen LogP contribution in [0.3, 0.4) is 0 Å². The summed E-state index contributed by atoms with van der Waals surface area (Å²) in [5, 5.41) is 3.49. The quantitative estimate of drug-likeness (QED) is 0.287. The lowest BCUT2D eigenvalue weighted by Crippen LogP contribution is -2.07. The van der Waals surface area contributed by atoms with Gasteiger partial charge in [-0.2, -0.15) is 0 Å². The minimum Gasteiger partial charge on any atom is -0.466 e. The van der Waals surface area contributed by atoms with Crippen molar-refractivity contribution < 1.29 is 9.53 Å². The van der Waals surface area contributed by atoms with Crippen molar-refractivity contribution in [3.63, 3.8) is 0 Å². The van der Waals surface area contributed by atoms with E-state index in [2.05, 4.69) is 63.4 Å². The number of para-hydroxylation sites is 1. The summed E-state index contributed by atoms with van der Waals surface area (Å²) in [6, 6.07) is 8.18. The maximum Gasteiger partial charge on any atom is 0.306 e. The number of carbonyl (C=O) groups excluding carboxylic acids is 1. The Bertz CT molecular complexity index is 709. The number of anilines is 1. The second-order valence-electron chi connectivity index (χ2n) is 7.80. The standard InChI is InChI=1S/C26H39NO2/c1-6-29-26(28)18-17-24-15-7-8-16-25(24)27-20-19-23(5)14-10-13-22(4)12-9-11-21(2)3/h7-8,11,13,15-16,19,27H,6,9-10,12,14,17-18,20H2,1-5H3. The van der Waals surface area contributed by atoms with Gasteiger partial charge in [-0.25, -0.2) is 0 Å². The highest BCUT2D eigenvalue weighted by molar-refractivity contribution is 5.70. The van der Waals surface area contributed by atoms with E-state index in [1.54, 1.807) is 0 Å². The lowest BCUT2D eigenvalue weighted by molar-refractivity contribution is -0.143. The van der Waals surface area contributed by atoms with Gasteiger partial charge in [0.2, 0.25) is 0 Å². The molecule has 0 amide bonds. The van der Waals surface area contributed by atoms with Crippen LogP contribution in [0.1, 0.15) is 72.3 Å². The van der Waals surface area contributed by atoms with Gasteiger partial charge in [-0.15, -0.1) is 0 Å². The molecular formula is C26H39NO2. The lowest BCUT2D eigenvalue weighted by Gasteiger charge is -2.11. The molecule has 29 heavy (non-hydrogen) atoms. The van der Waals surface area contributed by atoms with Crippen LogP contribution >= 0.6 is 0 Å². The number of aryl methyl sites for hydroxylation is 1. The summed E-state index contributed by atoms with van der Waals surface area (Å²) in [5.41, 5.74) is 6.52. The predicted molar refractivity (Wildman–Crippen MR) is 125 cm³/mol. The van der Waals surface area contributed by atoms with E-state index in [1.165, 1.54) is 16.7 Å². The summed E-state index contributed by atoms with van der Waals surface area (Å²) in [5.74, 6) is -0.137. The average Bonchev–Trinajstić information content (AvgIpc) is 2.67. The Kier molecular flexibility index (Phi) is 12.5. The number of hydrogen-bond acceptors (Lipinski definition) is 3. The Morgan fingerprint density at radius 2 is 1.59 bits per heavy atom. The second kappa shape index (κ2) is 14.7. The molecule has 1 rings (SSSR count). The van der Waals surface area contributed by atoms with Crippen LogP contribution in [0.15, 0.2) is 59.2 Å². The monoisotopic (exact) mass is 397 g/mol. The van der Waals surface area contributed by atoms with Gasteiger partial charge in [0.15, 0.2) is 0 Å². The number of allylic oxidation sites excluding steroid dienone is 5. The van der Waals surface area contributed by atoms with Crippen LogP contribution in [-0.4, -0.2) is 19.1 Å². The third kappa shape index (κ3) is 12.0. The van der Waals surface area contributed by atoms with Crippen LogP contribution in [0.25, 0.3) is 0 Å². The molecule has 0 fully saturated rings. The van der Waals surface area contributed by atoms with Crippen LogP contribution in [0.4, 0.5) is 5.69 Å². The van der Waals surface area contributed by atoms with Crippen molar-refractivity contribution in [1.82, 2.24) is 0 Å². The fraction of sp³-hybridized carbons (Fsp3) is 0.500. The predicted octanol–water partition coefficient (Wildman–Crippen LogP) is 7.01. The van der Waals surface area contributed by atoms with Gasteiger partial charge in [-0.05, 0) is 78.4 Å². The van der Waals surface area contributed by atoms with Crippen LogP contribution in [0.5, 0.6) is 0 Å². The van der Waals surface area contributed by atoms with E-state index in [-0.39, 0.29) is 5.97 Å². The summed E-state index contributed by atoms with van der Waals surface area (Å²) in [6.45, 7) is 11.8. The van der Waals surface area contributed by atoms with E-state index in [4.69, 9.17) is 4.74 Å². The van der Waals surface area contributed by atoms with Gasteiger partial charge < -0.3 is 10.1 Å². The Morgan fingerprint density at radius 1 is 0.931 bits per heavy atom. The molecule has 0 saturated carbocycles. The summed E-state index contributed by atoms with van der Waals surface area (Å²) < 4.78 is 5.03. The summed E-state index contributed by atoms with van der Waals surface area (Å²) in [6.07, 6.45) is 12.5. The van der Waals surface area contributed by atoms with Crippen molar-refractivity contribution in [2.75, 3.05) is 18.5 Å². The Balaban J connectivity index is 2.42. The minimum atomic E-state index is -0.137. The number of benzene rings is 1. The van der Waals surface area contributed by atoms with E-state index < -0.39 is 0 Å². The highest BCUT2D eigenvalue weighted by atomic mass is 16.5. The molecule has 0 aliphatic rings. The van der Waals surface area contributed by atoms with E-state index in [0.717, 1.165) is 43.5 Å². The molecule has 3 heteroatoms. The zero-order valence-electron chi connectivity index (χ0n) is 19.0. The molecule has 0 spiro atoms. The number of ether oxygens (including phenoxy) is 1. The van der Waals surface area contributed by atoms with Crippen LogP contribution in [-0.2, 0) is 16.0 Å². The smallest absolute Gasteiger partial charge is 0.306 e. The normalized spacial score (nSPS) is 11.9. The third-order valence-corrected chi connectivity index (χ3v) is 4.79. The van der Waals surface area contributed by atoms with E-state index in [1.807, 2.05) is 19.1 Å². The van der Waals surface area contributed by atoms with E-state index in [0.29, 0.717) is 19.4 Å². The van der Waals surface area contributed by atoms with Gasteiger partial charge in [-0.1, -0.05) is 53.1 Å². The van der Waals surface area contributed by atoms with Crippen molar-refractivity contribution in [2.45, 2.75) is 73.1 Å². The topological polar surface area (TPSA) is 38.3 Å². The molecule has 0 radical (unpaired) electrons. The number of carbonyl (C=O) groups is 1. The number of hydrogen-bond donors (Lipinski definition) is 1. The van der Waals surface area contributed by atoms with Crippen molar-refractivity contribution in [2.24, 2.45) is 0 Å². The molecule has 160 valence electrons.